The average molecular weight is 447 g/mol. The standard InChI is InChI=1S/C24H22N4O3S/c1-14-8-9-20(32-14)19-12-18(22-15(2)27-31-24(22)26-19)23(30)25-17-6-3-5-16(11-17)13-28-10-4-7-21(28)29/h3,5-6,8-9,11-12H,4,7,10,13H2,1-2H3,(H,25,30). The Bertz CT molecular complexity index is 1340. The fraction of sp³-hybridized carbons (Fsp3) is 0.250. The summed E-state index contributed by atoms with van der Waals surface area (Å²) in [4.78, 5) is 33.8. The number of nitrogens with zero attached hydrogens (tertiary/aromatic N) is 3. The van der Waals surface area contributed by atoms with Gasteiger partial charge in [-0.2, -0.15) is 0 Å². The Balaban J connectivity index is 1.45. The van der Waals surface area contributed by atoms with E-state index in [9.17, 15) is 9.59 Å². The summed E-state index contributed by atoms with van der Waals surface area (Å²) >= 11 is 1.61. The van der Waals surface area contributed by atoms with Gasteiger partial charge in [0.1, 0.15) is 0 Å². The van der Waals surface area contributed by atoms with Crippen LogP contribution in [-0.2, 0) is 11.3 Å². The molecule has 0 aliphatic carbocycles. The molecule has 1 N–H and O–H groups in total. The number of rotatable bonds is 5. The largest absolute Gasteiger partial charge is 0.338 e. The molecule has 1 fully saturated rings. The lowest BCUT2D eigenvalue weighted by atomic mass is 10.1. The highest BCUT2D eigenvalue weighted by atomic mass is 32.1. The molecule has 0 radical (unpaired) electrons. The molecule has 1 aliphatic heterocycles. The summed E-state index contributed by atoms with van der Waals surface area (Å²) in [6, 6.07) is 13.4. The summed E-state index contributed by atoms with van der Waals surface area (Å²) in [5.41, 5.74) is 3.76. The normalized spacial score (nSPS) is 13.8. The van der Waals surface area contributed by atoms with Crippen LogP contribution in [0.2, 0.25) is 0 Å². The molecular formula is C24H22N4O3S. The lowest BCUT2D eigenvalue weighted by Gasteiger charge is -2.16. The highest BCUT2D eigenvalue weighted by Gasteiger charge is 2.22. The molecule has 8 heteroatoms. The van der Waals surface area contributed by atoms with E-state index in [0.29, 0.717) is 46.7 Å². The van der Waals surface area contributed by atoms with Crippen LogP contribution < -0.4 is 5.32 Å². The number of hydrogen-bond donors (Lipinski definition) is 1. The van der Waals surface area contributed by atoms with Crippen molar-refractivity contribution in [3.05, 3.63) is 64.2 Å². The van der Waals surface area contributed by atoms with Crippen molar-refractivity contribution in [3.8, 4) is 10.6 Å². The Labute approximate surface area is 189 Å². The third kappa shape index (κ3) is 3.89. The van der Waals surface area contributed by atoms with Gasteiger partial charge in [0.25, 0.3) is 11.6 Å². The first-order chi connectivity index (χ1) is 15.5. The fourth-order valence-corrected chi connectivity index (χ4v) is 4.84. The maximum Gasteiger partial charge on any atom is 0.259 e. The number of aromatic nitrogens is 2. The molecule has 3 aromatic heterocycles. The van der Waals surface area contributed by atoms with Crippen molar-refractivity contribution in [2.45, 2.75) is 33.2 Å². The van der Waals surface area contributed by atoms with Crippen LogP contribution in [0, 0.1) is 13.8 Å². The van der Waals surface area contributed by atoms with Gasteiger partial charge in [-0.15, -0.1) is 11.3 Å². The number of benzene rings is 1. The van der Waals surface area contributed by atoms with Gasteiger partial charge in [-0.05, 0) is 56.2 Å². The Morgan fingerprint density at radius 3 is 2.84 bits per heavy atom. The van der Waals surface area contributed by atoms with Crippen LogP contribution in [0.15, 0.2) is 47.0 Å². The molecule has 4 heterocycles. The monoisotopic (exact) mass is 446 g/mol. The molecule has 1 aromatic carbocycles. The second kappa shape index (κ2) is 8.20. The summed E-state index contributed by atoms with van der Waals surface area (Å²) < 4.78 is 5.39. The van der Waals surface area contributed by atoms with Gasteiger partial charge < -0.3 is 14.7 Å². The zero-order valence-corrected chi connectivity index (χ0v) is 18.7. The molecule has 162 valence electrons. The van der Waals surface area contributed by atoms with Gasteiger partial charge in [0.2, 0.25) is 5.91 Å². The van der Waals surface area contributed by atoms with E-state index in [1.807, 2.05) is 48.2 Å². The Kier molecular flexibility index (Phi) is 5.22. The van der Waals surface area contributed by atoms with Crippen LogP contribution in [-0.4, -0.2) is 33.4 Å². The SMILES string of the molecule is Cc1ccc(-c2cc(C(=O)Nc3cccc(CN4CCCC4=O)c3)c3c(C)noc3n2)s1. The van der Waals surface area contributed by atoms with E-state index >= 15 is 0 Å². The third-order valence-corrected chi connectivity index (χ3v) is 6.61. The van der Waals surface area contributed by atoms with E-state index in [1.54, 1.807) is 24.3 Å². The van der Waals surface area contributed by atoms with E-state index in [4.69, 9.17) is 4.52 Å². The lowest BCUT2D eigenvalue weighted by molar-refractivity contribution is -0.128. The fourth-order valence-electron chi connectivity index (χ4n) is 4.01. The van der Waals surface area contributed by atoms with Crippen LogP contribution >= 0.6 is 11.3 Å². The van der Waals surface area contributed by atoms with Gasteiger partial charge in [-0.1, -0.05) is 17.3 Å². The number of amides is 2. The van der Waals surface area contributed by atoms with Crippen LogP contribution in [0.4, 0.5) is 5.69 Å². The molecule has 0 bridgehead atoms. The van der Waals surface area contributed by atoms with E-state index < -0.39 is 0 Å². The molecule has 0 unspecified atom stereocenters. The number of hydrogen-bond acceptors (Lipinski definition) is 6. The maximum absolute atomic E-state index is 13.3. The molecule has 32 heavy (non-hydrogen) atoms. The van der Waals surface area contributed by atoms with E-state index in [0.717, 1.165) is 28.3 Å². The number of carbonyl (C=O) groups is 2. The molecule has 7 nitrogen and oxygen atoms in total. The lowest BCUT2D eigenvalue weighted by Crippen LogP contribution is -2.23. The van der Waals surface area contributed by atoms with E-state index in [1.165, 1.54) is 0 Å². The minimum atomic E-state index is -0.257. The van der Waals surface area contributed by atoms with Crippen LogP contribution in [0.25, 0.3) is 21.7 Å². The average Bonchev–Trinajstić information content (AvgIpc) is 3.49. The van der Waals surface area contributed by atoms with Crippen molar-refractivity contribution < 1.29 is 14.1 Å². The third-order valence-electron chi connectivity index (χ3n) is 5.58. The van der Waals surface area contributed by atoms with Gasteiger partial charge >= 0.3 is 0 Å². The van der Waals surface area contributed by atoms with Gasteiger partial charge in [0.05, 0.1) is 27.2 Å². The maximum atomic E-state index is 13.3. The van der Waals surface area contributed by atoms with Crippen molar-refractivity contribution in [1.29, 1.82) is 0 Å². The summed E-state index contributed by atoms with van der Waals surface area (Å²) in [6.07, 6.45) is 1.51. The molecule has 2 amide bonds. The van der Waals surface area contributed by atoms with E-state index in [2.05, 4.69) is 15.5 Å². The first-order valence-electron chi connectivity index (χ1n) is 10.5. The molecule has 0 atom stereocenters. The Hall–Kier alpha value is -3.52. The Morgan fingerprint density at radius 2 is 2.09 bits per heavy atom. The number of thiophene rings is 1. The number of likely N-dealkylation sites (tertiary alicyclic amines) is 1. The predicted molar refractivity (Wildman–Crippen MR) is 124 cm³/mol. The molecule has 0 spiro atoms. The number of fused-ring (bicyclic) bond motifs is 1. The summed E-state index contributed by atoms with van der Waals surface area (Å²) in [6.45, 7) is 5.16. The second-order valence-corrected chi connectivity index (χ2v) is 9.27. The van der Waals surface area contributed by atoms with Gasteiger partial charge in [-0.25, -0.2) is 4.98 Å². The van der Waals surface area contributed by atoms with Crippen LogP contribution in [0.3, 0.4) is 0 Å². The summed E-state index contributed by atoms with van der Waals surface area (Å²) in [7, 11) is 0. The molecular weight excluding hydrogens is 424 g/mol. The number of nitrogens with one attached hydrogen (secondary N) is 1. The highest BCUT2D eigenvalue weighted by molar-refractivity contribution is 7.15. The van der Waals surface area contributed by atoms with Crippen LogP contribution in [0.1, 0.15) is 39.3 Å². The topological polar surface area (TPSA) is 88.3 Å². The predicted octanol–water partition coefficient (Wildman–Crippen LogP) is 4.94. The number of carbonyl (C=O) groups excluding carboxylic acids is 2. The van der Waals surface area contributed by atoms with Gasteiger partial charge in [-0.3, -0.25) is 9.59 Å². The van der Waals surface area contributed by atoms with Gasteiger partial charge in [0.15, 0.2) is 0 Å². The van der Waals surface area contributed by atoms with Crippen LogP contribution in [0.5, 0.6) is 0 Å². The first-order valence-corrected chi connectivity index (χ1v) is 11.3. The van der Waals surface area contributed by atoms with Crippen molar-refractivity contribution in [2.24, 2.45) is 0 Å². The number of aryl methyl sites for hydroxylation is 2. The van der Waals surface area contributed by atoms with E-state index in [-0.39, 0.29) is 11.8 Å². The minimum absolute atomic E-state index is 0.179. The minimum Gasteiger partial charge on any atom is -0.338 e. The van der Waals surface area contributed by atoms with Crippen molar-refractivity contribution in [2.75, 3.05) is 11.9 Å². The molecule has 4 aromatic rings. The first kappa shape index (κ1) is 20.4. The second-order valence-electron chi connectivity index (χ2n) is 7.99. The zero-order valence-electron chi connectivity index (χ0n) is 17.8. The smallest absolute Gasteiger partial charge is 0.259 e. The molecule has 1 aliphatic rings. The van der Waals surface area contributed by atoms with Crippen molar-refractivity contribution >= 4 is 39.9 Å². The van der Waals surface area contributed by atoms with Gasteiger partial charge in [0, 0.05) is 30.1 Å². The molecule has 1 saturated heterocycles. The van der Waals surface area contributed by atoms with Crippen molar-refractivity contribution in [1.82, 2.24) is 15.0 Å². The zero-order chi connectivity index (χ0) is 22.2. The molecule has 5 rings (SSSR count). The highest BCUT2D eigenvalue weighted by Crippen LogP contribution is 2.31. The summed E-state index contributed by atoms with van der Waals surface area (Å²) in [5, 5.41) is 7.61. The quantitative estimate of drug-likeness (QED) is 0.469. The van der Waals surface area contributed by atoms with Crippen molar-refractivity contribution in [3.63, 3.8) is 0 Å². The summed E-state index contributed by atoms with van der Waals surface area (Å²) in [5.74, 6) is -0.0782. The number of anilines is 1. The molecule has 0 saturated carbocycles. The number of pyridine rings is 1. The Morgan fingerprint density at radius 1 is 1.22 bits per heavy atom.